The van der Waals surface area contributed by atoms with Gasteiger partial charge in [0.15, 0.2) is 0 Å². The molecule has 0 aromatic rings. The lowest BCUT2D eigenvalue weighted by atomic mass is 9.71. The molecule has 102 valence electrons. The lowest BCUT2D eigenvalue weighted by molar-refractivity contribution is -0.155. The van der Waals surface area contributed by atoms with E-state index < -0.39 is 11.4 Å². The molecule has 0 spiro atoms. The van der Waals surface area contributed by atoms with Crippen molar-refractivity contribution in [3.8, 4) is 18.4 Å². The molecule has 0 saturated heterocycles. The lowest BCUT2D eigenvalue weighted by Gasteiger charge is -2.33. The van der Waals surface area contributed by atoms with Gasteiger partial charge in [-0.15, -0.1) is 6.42 Å². The number of nitrogens with zero attached hydrogens (tertiary/aromatic N) is 2. The van der Waals surface area contributed by atoms with Crippen LogP contribution in [-0.2, 0) is 9.59 Å². The maximum Gasteiger partial charge on any atom is 0.310 e. The number of hydrogen-bond donors (Lipinski definition) is 1. The van der Waals surface area contributed by atoms with E-state index in [1.807, 2.05) is 6.07 Å². The minimum absolute atomic E-state index is 0.0437. The quantitative estimate of drug-likeness (QED) is 0.599. The van der Waals surface area contributed by atoms with Gasteiger partial charge >= 0.3 is 5.97 Å². The van der Waals surface area contributed by atoms with Crippen molar-refractivity contribution in [3.63, 3.8) is 0 Å². The number of carbonyl (C=O) groups is 2. The monoisotopic (exact) mass is 262 g/mol. The first-order valence-corrected chi connectivity index (χ1v) is 6.37. The van der Waals surface area contributed by atoms with Crippen LogP contribution < -0.4 is 0 Å². The number of carboxylic acids is 1. The lowest BCUT2D eigenvalue weighted by Crippen LogP contribution is -2.41. The summed E-state index contributed by atoms with van der Waals surface area (Å²) in [6.45, 7) is -0.0547. The summed E-state index contributed by atoms with van der Waals surface area (Å²) in [7, 11) is 0. The second kappa shape index (κ2) is 6.80. The summed E-state index contributed by atoms with van der Waals surface area (Å²) in [5.41, 5.74) is -0.975. The smallest absolute Gasteiger partial charge is 0.310 e. The molecule has 1 aliphatic rings. The molecule has 0 aromatic carbocycles. The normalized spacial score (nSPS) is 16.9. The molecular formula is C14H18N2O3. The maximum atomic E-state index is 12.1. The highest BCUT2D eigenvalue weighted by atomic mass is 16.4. The van der Waals surface area contributed by atoms with Crippen molar-refractivity contribution in [2.75, 3.05) is 13.1 Å². The van der Waals surface area contributed by atoms with E-state index in [0.717, 1.165) is 19.3 Å². The third kappa shape index (κ3) is 3.72. The highest BCUT2D eigenvalue weighted by molar-refractivity contribution is 5.85. The molecule has 1 amide bonds. The second-order valence-corrected chi connectivity index (χ2v) is 4.93. The molecule has 1 aliphatic carbocycles. The Hall–Kier alpha value is -2.01. The highest BCUT2D eigenvalue weighted by Gasteiger charge is 2.42. The first kappa shape index (κ1) is 15.0. The van der Waals surface area contributed by atoms with E-state index in [1.54, 1.807) is 0 Å². The van der Waals surface area contributed by atoms with Crippen molar-refractivity contribution < 1.29 is 14.7 Å². The molecule has 0 atom stereocenters. The molecule has 0 bridgehead atoms. The van der Waals surface area contributed by atoms with Gasteiger partial charge in [0.25, 0.3) is 0 Å². The Labute approximate surface area is 113 Å². The molecule has 1 saturated carbocycles. The molecule has 0 radical (unpaired) electrons. The van der Waals surface area contributed by atoms with Crippen molar-refractivity contribution in [1.82, 2.24) is 4.90 Å². The molecule has 0 aromatic heterocycles. The van der Waals surface area contributed by atoms with Crippen LogP contribution in [0, 0.1) is 29.1 Å². The number of nitriles is 1. The Bertz CT molecular complexity index is 409. The third-order valence-corrected chi connectivity index (χ3v) is 3.65. The van der Waals surface area contributed by atoms with Crippen molar-refractivity contribution in [3.05, 3.63) is 0 Å². The zero-order valence-corrected chi connectivity index (χ0v) is 10.9. The number of carbonyl (C=O) groups excluding carboxylic acids is 1. The van der Waals surface area contributed by atoms with Crippen LogP contribution in [0.2, 0.25) is 0 Å². The molecule has 1 N–H and O–H groups in total. The largest absolute Gasteiger partial charge is 0.481 e. The van der Waals surface area contributed by atoms with Gasteiger partial charge in [0, 0.05) is 6.42 Å². The van der Waals surface area contributed by atoms with Gasteiger partial charge in [-0.3, -0.25) is 9.59 Å². The highest BCUT2D eigenvalue weighted by Crippen LogP contribution is 2.40. The topological polar surface area (TPSA) is 81.4 Å². The Morgan fingerprint density at radius 3 is 2.37 bits per heavy atom. The van der Waals surface area contributed by atoms with Gasteiger partial charge in [-0.2, -0.15) is 5.26 Å². The summed E-state index contributed by atoms with van der Waals surface area (Å²) in [6.07, 6.45) is 8.79. The zero-order chi connectivity index (χ0) is 14.3. The number of rotatable bonds is 5. The molecule has 0 aliphatic heterocycles. The first-order valence-electron chi connectivity index (χ1n) is 6.37. The van der Waals surface area contributed by atoms with Crippen LogP contribution in [0.4, 0.5) is 0 Å². The van der Waals surface area contributed by atoms with Crippen LogP contribution in [0.5, 0.6) is 0 Å². The maximum absolute atomic E-state index is 12.1. The Balaban J connectivity index is 2.78. The molecule has 5 heteroatoms. The van der Waals surface area contributed by atoms with E-state index in [1.165, 1.54) is 4.90 Å². The van der Waals surface area contributed by atoms with E-state index >= 15 is 0 Å². The van der Waals surface area contributed by atoms with Gasteiger partial charge in [-0.25, -0.2) is 0 Å². The number of hydrogen-bond acceptors (Lipinski definition) is 3. The fourth-order valence-corrected chi connectivity index (χ4v) is 2.52. The summed E-state index contributed by atoms with van der Waals surface area (Å²) in [5.74, 6) is 1.06. The molecule has 5 nitrogen and oxygen atoms in total. The van der Waals surface area contributed by atoms with E-state index in [9.17, 15) is 14.7 Å². The van der Waals surface area contributed by atoms with Crippen LogP contribution in [0.1, 0.15) is 38.5 Å². The second-order valence-electron chi connectivity index (χ2n) is 4.93. The number of terminal acetylenes is 1. The molecule has 19 heavy (non-hydrogen) atoms. The number of amides is 1. The molecule has 1 fully saturated rings. The summed E-state index contributed by atoms with van der Waals surface area (Å²) < 4.78 is 0. The van der Waals surface area contributed by atoms with Crippen LogP contribution in [0.25, 0.3) is 0 Å². The van der Waals surface area contributed by atoms with E-state index in [0.29, 0.717) is 12.8 Å². The summed E-state index contributed by atoms with van der Waals surface area (Å²) in [5, 5.41) is 18.1. The van der Waals surface area contributed by atoms with Crippen molar-refractivity contribution in [1.29, 1.82) is 5.26 Å². The summed E-state index contributed by atoms with van der Waals surface area (Å²) in [6, 6.07) is 1.87. The van der Waals surface area contributed by atoms with Crippen LogP contribution in [0.15, 0.2) is 0 Å². The SMILES string of the molecule is C#CCN(CC#N)C(=O)CC1(C(=O)O)CCCCC1. The van der Waals surface area contributed by atoms with Crippen LogP contribution >= 0.6 is 0 Å². The minimum atomic E-state index is -0.975. The van der Waals surface area contributed by atoms with Crippen molar-refractivity contribution >= 4 is 11.9 Å². The Morgan fingerprint density at radius 2 is 1.89 bits per heavy atom. The van der Waals surface area contributed by atoms with Crippen LogP contribution in [0.3, 0.4) is 0 Å². The van der Waals surface area contributed by atoms with Crippen molar-refractivity contribution in [2.24, 2.45) is 5.41 Å². The summed E-state index contributed by atoms with van der Waals surface area (Å²) in [4.78, 5) is 24.8. The van der Waals surface area contributed by atoms with Gasteiger partial charge in [-0.1, -0.05) is 25.2 Å². The fourth-order valence-electron chi connectivity index (χ4n) is 2.52. The molecule has 1 rings (SSSR count). The fraction of sp³-hybridized carbons (Fsp3) is 0.643. The van der Waals surface area contributed by atoms with Crippen LogP contribution in [-0.4, -0.2) is 35.0 Å². The average molecular weight is 262 g/mol. The molecule has 0 unspecified atom stereocenters. The first-order chi connectivity index (χ1) is 9.05. The predicted octanol–water partition coefficient (Wildman–Crippen LogP) is 1.40. The molecular weight excluding hydrogens is 244 g/mol. The summed E-state index contributed by atoms with van der Waals surface area (Å²) >= 11 is 0. The van der Waals surface area contributed by atoms with Gasteiger partial charge in [-0.05, 0) is 12.8 Å². The van der Waals surface area contributed by atoms with Gasteiger partial charge < -0.3 is 10.0 Å². The van der Waals surface area contributed by atoms with Crippen molar-refractivity contribution in [2.45, 2.75) is 38.5 Å². The van der Waals surface area contributed by atoms with Gasteiger partial charge in [0.2, 0.25) is 5.91 Å². The third-order valence-electron chi connectivity index (χ3n) is 3.65. The predicted molar refractivity (Wildman–Crippen MR) is 68.8 cm³/mol. The minimum Gasteiger partial charge on any atom is -0.481 e. The zero-order valence-electron chi connectivity index (χ0n) is 10.9. The number of carboxylic acid groups (broad SMARTS) is 1. The van der Waals surface area contributed by atoms with E-state index in [2.05, 4.69) is 5.92 Å². The van der Waals surface area contributed by atoms with Gasteiger partial charge in [0.1, 0.15) is 6.54 Å². The number of aliphatic carboxylic acids is 1. The molecule has 0 heterocycles. The Kier molecular flexibility index (Phi) is 5.38. The average Bonchev–Trinajstić information content (AvgIpc) is 2.39. The van der Waals surface area contributed by atoms with E-state index in [4.69, 9.17) is 11.7 Å². The standard InChI is InChI=1S/C14H18N2O3/c1-2-9-16(10-8-15)12(17)11-14(13(18)19)6-4-3-5-7-14/h1H,3-7,9-11H2,(H,18,19). The van der Waals surface area contributed by atoms with E-state index in [-0.39, 0.29) is 25.4 Å². The Morgan fingerprint density at radius 1 is 1.26 bits per heavy atom. The van der Waals surface area contributed by atoms with Gasteiger partial charge in [0.05, 0.1) is 18.0 Å².